The molecule has 0 amide bonds. The van der Waals surface area contributed by atoms with E-state index in [1.165, 1.54) is 16.7 Å². The second kappa shape index (κ2) is 9.39. The van der Waals surface area contributed by atoms with E-state index in [4.69, 9.17) is 0 Å². The summed E-state index contributed by atoms with van der Waals surface area (Å²) in [6.45, 7) is 22.9. The van der Waals surface area contributed by atoms with Gasteiger partial charge in [0.15, 0.2) is 0 Å². The molecule has 0 heteroatoms. The Morgan fingerprint density at radius 3 is 1.95 bits per heavy atom. The zero-order chi connectivity index (χ0) is 16.5. The standard InChI is InChI=1S/C21H32/c1-9-12-15-21(18(6)7,16-17(4)5)20(14-11-3)19(8)13-10-2/h10-12,15-16H,2-3,6,9,13-14H2,1,4-5,7-8H3. The number of allylic oxidation sites excluding steroid dienone is 9. The number of hydrogen-bond donors (Lipinski definition) is 0. The molecule has 0 saturated carbocycles. The summed E-state index contributed by atoms with van der Waals surface area (Å²) in [7, 11) is 0. The Labute approximate surface area is 132 Å². The van der Waals surface area contributed by atoms with Crippen molar-refractivity contribution in [2.24, 2.45) is 5.41 Å². The molecule has 0 fully saturated rings. The predicted octanol–water partition coefficient (Wildman–Crippen LogP) is 6.95. The maximum atomic E-state index is 4.29. The van der Waals surface area contributed by atoms with E-state index in [0.717, 1.165) is 24.8 Å². The minimum absolute atomic E-state index is 0.212. The number of hydrogen-bond acceptors (Lipinski definition) is 0. The predicted molar refractivity (Wildman–Crippen MR) is 98.4 cm³/mol. The second-order valence-corrected chi connectivity index (χ2v) is 5.93. The van der Waals surface area contributed by atoms with Crippen molar-refractivity contribution in [1.29, 1.82) is 0 Å². The van der Waals surface area contributed by atoms with Gasteiger partial charge in [0.05, 0.1) is 0 Å². The fourth-order valence-electron chi connectivity index (χ4n) is 2.70. The van der Waals surface area contributed by atoms with Crippen LogP contribution in [0.2, 0.25) is 0 Å². The van der Waals surface area contributed by atoms with Crippen LogP contribution in [0.25, 0.3) is 0 Å². The van der Waals surface area contributed by atoms with Gasteiger partial charge in [0, 0.05) is 5.41 Å². The van der Waals surface area contributed by atoms with Crippen LogP contribution in [0.1, 0.15) is 53.9 Å². The molecule has 0 rings (SSSR count). The van der Waals surface area contributed by atoms with Crippen molar-refractivity contribution in [2.45, 2.75) is 53.9 Å². The first-order valence-electron chi connectivity index (χ1n) is 7.76. The van der Waals surface area contributed by atoms with Crippen LogP contribution in [0.5, 0.6) is 0 Å². The molecule has 0 aromatic rings. The van der Waals surface area contributed by atoms with Crippen LogP contribution in [0.3, 0.4) is 0 Å². The van der Waals surface area contributed by atoms with E-state index in [9.17, 15) is 0 Å². The molecule has 21 heavy (non-hydrogen) atoms. The van der Waals surface area contributed by atoms with Crippen LogP contribution in [0.15, 0.2) is 72.4 Å². The Bertz CT molecular complexity index is 464. The average Bonchev–Trinajstić information content (AvgIpc) is 2.40. The monoisotopic (exact) mass is 284 g/mol. The SMILES string of the molecule is C=CCC(C)=C(CC=C)C(C=CCC)(C=C(C)C)C(=C)C. The van der Waals surface area contributed by atoms with Crippen molar-refractivity contribution in [1.82, 2.24) is 0 Å². The smallest absolute Gasteiger partial charge is 0.0485 e. The summed E-state index contributed by atoms with van der Waals surface area (Å²) in [5.41, 5.74) is 4.96. The first kappa shape index (κ1) is 19.4. The first-order valence-corrected chi connectivity index (χ1v) is 7.76. The van der Waals surface area contributed by atoms with Crippen molar-refractivity contribution in [3.05, 3.63) is 72.4 Å². The zero-order valence-corrected chi connectivity index (χ0v) is 14.6. The molecule has 1 atom stereocenters. The molecule has 0 bridgehead atoms. The van der Waals surface area contributed by atoms with Crippen molar-refractivity contribution >= 4 is 0 Å². The molecule has 0 nitrogen and oxygen atoms in total. The van der Waals surface area contributed by atoms with Gasteiger partial charge in [-0.25, -0.2) is 0 Å². The lowest BCUT2D eigenvalue weighted by atomic mass is 9.70. The van der Waals surface area contributed by atoms with Crippen LogP contribution in [0.4, 0.5) is 0 Å². The Balaban J connectivity index is 6.39. The summed E-state index contributed by atoms with van der Waals surface area (Å²) in [6, 6.07) is 0. The fourth-order valence-corrected chi connectivity index (χ4v) is 2.70. The Kier molecular flexibility index (Phi) is 8.69. The molecular weight excluding hydrogens is 252 g/mol. The lowest BCUT2D eigenvalue weighted by molar-refractivity contribution is 0.660. The van der Waals surface area contributed by atoms with Crippen molar-refractivity contribution in [3.63, 3.8) is 0 Å². The van der Waals surface area contributed by atoms with Gasteiger partial charge in [0.25, 0.3) is 0 Å². The topological polar surface area (TPSA) is 0 Å². The normalized spacial score (nSPS) is 15.1. The number of rotatable bonds is 9. The highest BCUT2D eigenvalue weighted by Gasteiger charge is 2.30. The van der Waals surface area contributed by atoms with Gasteiger partial charge in [-0.3, -0.25) is 0 Å². The average molecular weight is 284 g/mol. The molecular formula is C21H32. The third kappa shape index (κ3) is 5.38. The second-order valence-electron chi connectivity index (χ2n) is 5.93. The summed E-state index contributed by atoms with van der Waals surface area (Å²) in [5.74, 6) is 0. The van der Waals surface area contributed by atoms with E-state index in [0.29, 0.717) is 0 Å². The van der Waals surface area contributed by atoms with E-state index in [1.807, 2.05) is 12.2 Å². The molecule has 0 aliphatic rings. The highest BCUT2D eigenvalue weighted by Crippen LogP contribution is 2.43. The maximum absolute atomic E-state index is 4.29. The van der Waals surface area contributed by atoms with Crippen molar-refractivity contribution in [2.75, 3.05) is 0 Å². The molecule has 0 saturated heterocycles. The Hall–Kier alpha value is -1.56. The summed E-state index contributed by atoms with van der Waals surface area (Å²) < 4.78 is 0. The van der Waals surface area contributed by atoms with Crippen LogP contribution in [0, 0.1) is 5.41 Å². The quantitative estimate of drug-likeness (QED) is 0.402. The van der Waals surface area contributed by atoms with Crippen LogP contribution in [-0.2, 0) is 0 Å². The van der Waals surface area contributed by atoms with Crippen LogP contribution in [-0.4, -0.2) is 0 Å². The molecule has 0 radical (unpaired) electrons. The van der Waals surface area contributed by atoms with E-state index >= 15 is 0 Å². The summed E-state index contributed by atoms with van der Waals surface area (Å²) in [5, 5.41) is 0. The third-order valence-electron chi connectivity index (χ3n) is 3.65. The largest absolute Gasteiger partial charge is 0.103 e. The van der Waals surface area contributed by atoms with Gasteiger partial charge in [0.1, 0.15) is 0 Å². The molecule has 0 aliphatic heterocycles. The van der Waals surface area contributed by atoms with Gasteiger partial charge in [-0.15, -0.1) is 13.2 Å². The first-order chi connectivity index (χ1) is 9.85. The fraction of sp³-hybridized carbons (Fsp3) is 0.429. The molecule has 1 unspecified atom stereocenters. The lowest BCUT2D eigenvalue weighted by Crippen LogP contribution is -2.21. The minimum Gasteiger partial charge on any atom is -0.103 e. The molecule has 0 aromatic heterocycles. The van der Waals surface area contributed by atoms with E-state index in [1.54, 1.807) is 0 Å². The molecule has 0 aliphatic carbocycles. The van der Waals surface area contributed by atoms with Gasteiger partial charge < -0.3 is 0 Å². The molecule has 0 N–H and O–H groups in total. The van der Waals surface area contributed by atoms with Crippen LogP contribution < -0.4 is 0 Å². The van der Waals surface area contributed by atoms with Crippen LogP contribution >= 0.6 is 0 Å². The molecule has 0 spiro atoms. The Morgan fingerprint density at radius 2 is 1.57 bits per heavy atom. The molecule has 0 heterocycles. The van der Waals surface area contributed by atoms with Crippen molar-refractivity contribution in [3.8, 4) is 0 Å². The maximum Gasteiger partial charge on any atom is 0.0485 e. The van der Waals surface area contributed by atoms with Gasteiger partial charge >= 0.3 is 0 Å². The Morgan fingerprint density at radius 1 is 1.00 bits per heavy atom. The molecule has 116 valence electrons. The summed E-state index contributed by atoms with van der Waals surface area (Å²) in [6.07, 6.45) is 13.6. The highest BCUT2D eigenvalue weighted by molar-refractivity contribution is 5.44. The van der Waals surface area contributed by atoms with Crippen molar-refractivity contribution < 1.29 is 0 Å². The van der Waals surface area contributed by atoms with Gasteiger partial charge in [0.2, 0.25) is 0 Å². The summed E-state index contributed by atoms with van der Waals surface area (Å²) in [4.78, 5) is 0. The van der Waals surface area contributed by atoms with Gasteiger partial charge in [-0.05, 0) is 52.5 Å². The van der Waals surface area contributed by atoms with E-state index < -0.39 is 0 Å². The summed E-state index contributed by atoms with van der Waals surface area (Å²) >= 11 is 0. The van der Waals surface area contributed by atoms with E-state index in [-0.39, 0.29) is 5.41 Å². The zero-order valence-electron chi connectivity index (χ0n) is 14.6. The third-order valence-corrected chi connectivity index (χ3v) is 3.65. The van der Waals surface area contributed by atoms with Gasteiger partial charge in [-0.1, -0.05) is 60.6 Å². The molecule has 0 aromatic carbocycles. The minimum atomic E-state index is -0.212. The van der Waals surface area contributed by atoms with Gasteiger partial charge in [-0.2, -0.15) is 0 Å². The highest BCUT2D eigenvalue weighted by atomic mass is 14.3. The van der Waals surface area contributed by atoms with E-state index in [2.05, 4.69) is 72.6 Å². The lowest BCUT2D eigenvalue weighted by Gasteiger charge is -2.34.